The molecule has 11 heteroatoms. The summed E-state index contributed by atoms with van der Waals surface area (Å²) in [6, 6.07) is 14.2. The van der Waals surface area contributed by atoms with Crippen molar-refractivity contribution in [3.63, 3.8) is 0 Å². The summed E-state index contributed by atoms with van der Waals surface area (Å²) in [5.41, 5.74) is 3.11. The van der Waals surface area contributed by atoms with Gasteiger partial charge in [-0.2, -0.15) is 0 Å². The predicted molar refractivity (Wildman–Crippen MR) is 152 cm³/mol. The molecule has 1 aliphatic heterocycles. The van der Waals surface area contributed by atoms with E-state index in [1.54, 1.807) is 53.6 Å². The second-order valence-corrected chi connectivity index (χ2v) is 11.7. The zero-order valence-electron chi connectivity index (χ0n) is 21.3. The highest BCUT2D eigenvalue weighted by Gasteiger charge is 2.30. The summed E-state index contributed by atoms with van der Waals surface area (Å²) in [4.78, 5) is 40.6. The van der Waals surface area contributed by atoms with E-state index in [-0.39, 0.29) is 34.5 Å². The molecule has 1 aliphatic rings. The molecule has 40 heavy (non-hydrogen) atoms. The molecule has 0 saturated heterocycles. The van der Waals surface area contributed by atoms with Gasteiger partial charge in [-0.05, 0) is 59.5 Å². The quantitative estimate of drug-likeness (QED) is 0.305. The summed E-state index contributed by atoms with van der Waals surface area (Å²) in [5, 5.41) is 13.4. The number of carbonyl (C=O) groups excluding carboxylic acids is 2. The van der Waals surface area contributed by atoms with Gasteiger partial charge in [0, 0.05) is 52.4 Å². The maximum absolute atomic E-state index is 13.2. The van der Waals surface area contributed by atoms with Crippen LogP contribution in [-0.4, -0.2) is 50.8 Å². The minimum Gasteiger partial charge on any atom is -0.480 e. The number of nitrogens with one attached hydrogen (secondary N) is 1. The lowest BCUT2D eigenvalue weighted by molar-refractivity contribution is -0.139. The lowest BCUT2D eigenvalue weighted by Gasteiger charge is -2.30. The molecule has 0 spiro atoms. The summed E-state index contributed by atoms with van der Waals surface area (Å²) in [7, 11) is -1.23. The molecule has 0 aliphatic carbocycles. The van der Waals surface area contributed by atoms with Crippen LogP contribution in [0.25, 0.3) is 11.0 Å². The van der Waals surface area contributed by atoms with Gasteiger partial charge in [-0.3, -0.25) is 13.8 Å². The smallest absolute Gasteiger partial charge is 0.326 e. The Kier molecular flexibility index (Phi) is 7.98. The summed E-state index contributed by atoms with van der Waals surface area (Å²) in [6.07, 6.45) is 3.47. The maximum Gasteiger partial charge on any atom is 0.326 e. The average Bonchev–Trinajstić information content (AvgIpc) is 3.40. The van der Waals surface area contributed by atoms with E-state index in [0.29, 0.717) is 45.7 Å². The van der Waals surface area contributed by atoms with Crippen molar-refractivity contribution in [3.8, 4) is 0 Å². The highest BCUT2D eigenvalue weighted by molar-refractivity contribution is 7.84. The number of amides is 2. The molecule has 2 N–H and O–H groups in total. The molecular formula is C29H24Cl2N2O6S. The van der Waals surface area contributed by atoms with E-state index in [2.05, 4.69) is 5.32 Å². The van der Waals surface area contributed by atoms with Crippen LogP contribution in [-0.2, 0) is 35.0 Å². The third kappa shape index (κ3) is 5.63. The molecule has 0 bridgehead atoms. The molecule has 4 aromatic rings. The number of hydrogen-bond acceptors (Lipinski definition) is 5. The zero-order chi connectivity index (χ0) is 28.6. The largest absolute Gasteiger partial charge is 0.480 e. The molecule has 0 saturated carbocycles. The highest BCUT2D eigenvalue weighted by Crippen LogP contribution is 2.35. The van der Waals surface area contributed by atoms with Crippen molar-refractivity contribution in [1.29, 1.82) is 0 Å². The highest BCUT2D eigenvalue weighted by atomic mass is 35.5. The number of furan rings is 1. The van der Waals surface area contributed by atoms with Crippen LogP contribution >= 0.6 is 23.2 Å². The van der Waals surface area contributed by atoms with Crippen molar-refractivity contribution >= 4 is 62.8 Å². The van der Waals surface area contributed by atoms with Gasteiger partial charge < -0.3 is 19.7 Å². The fourth-order valence-electron chi connectivity index (χ4n) is 4.82. The Labute approximate surface area is 242 Å². The number of benzene rings is 3. The fraction of sp³-hybridized carbons (Fsp3) is 0.207. The number of fused-ring (bicyclic) bond motifs is 2. The van der Waals surface area contributed by atoms with Gasteiger partial charge in [0.05, 0.1) is 21.9 Å². The van der Waals surface area contributed by atoms with Gasteiger partial charge in [-0.1, -0.05) is 41.4 Å². The van der Waals surface area contributed by atoms with Crippen LogP contribution in [0.3, 0.4) is 0 Å². The summed E-state index contributed by atoms with van der Waals surface area (Å²) < 4.78 is 17.2. The fourth-order valence-corrected chi connectivity index (χ4v) is 6.17. The van der Waals surface area contributed by atoms with Crippen LogP contribution in [0.1, 0.15) is 37.4 Å². The van der Waals surface area contributed by atoms with E-state index < -0.39 is 28.7 Å². The molecule has 0 fully saturated rings. The van der Waals surface area contributed by atoms with Gasteiger partial charge in [0.1, 0.15) is 11.6 Å². The first-order chi connectivity index (χ1) is 19.1. The number of rotatable bonds is 7. The number of hydrogen-bond donors (Lipinski definition) is 2. The van der Waals surface area contributed by atoms with Gasteiger partial charge in [0.15, 0.2) is 0 Å². The van der Waals surface area contributed by atoms with Gasteiger partial charge in [-0.25, -0.2) is 4.79 Å². The standard InChI is InChI=1S/C29H24Cl2N2O6S/c1-40(38)20-4-2-3-16(11-20)12-23(29(36)37)32-27(34)25-22(30)13-19-15-33(9-7-21(19)26(25)31)28(35)18-6-5-17-8-10-39-24(17)14-18/h2-6,8,10-11,13-14,23H,7,9,12,15H2,1H3,(H,32,34)(H,36,37)/t23-,40?/m0/s1. The number of halogens is 2. The topological polar surface area (TPSA) is 117 Å². The molecule has 1 aromatic heterocycles. The first-order valence-corrected chi connectivity index (χ1v) is 14.7. The number of carboxylic acid groups (broad SMARTS) is 1. The van der Waals surface area contributed by atoms with Crippen molar-refractivity contribution in [2.24, 2.45) is 0 Å². The summed E-state index contributed by atoms with van der Waals surface area (Å²) in [5.74, 6) is -2.12. The third-order valence-electron chi connectivity index (χ3n) is 6.90. The van der Waals surface area contributed by atoms with E-state index in [4.69, 9.17) is 27.6 Å². The van der Waals surface area contributed by atoms with Crippen LogP contribution in [0.15, 0.2) is 70.2 Å². The Morgan fingerprint density at radius 2 is 1.93 bits per heavy atom. The SMILES string of the molecule is CS(=O)c1cccc(C[C@H](NC(=O)c2c(Cl)cc3c(c2Cl)CCN(C(=O)c2ccc4ccoc4c2)C3)C(=O)O)c1. The summed E-state index contributed by atoms with van der Waals surface area (Å²) >= 11 is 13.2. The number of carbonyl (C=O) groups is 3. The van der Waals surface area contributed by atoms with Crippen molar-refractivity contribution < 1.29 is 28.1 Å². The lowest BCUT2D eigenvalue weighted by Crippen LogP contribution is -2.42. The average molecular weight is 599 g/mol. The van der Waals surface area contributed by atoms with Crippen molar-refractivity contribution in [2.45, 2.75) is 30.3 Å². The van der Waals surface area contributed by atoms with Crippen LogP contribution in [0, 0.1) is 0 Å². The normalized spacial score (nSPS) is 14.4. The Morgan fingerprint density at radius 1 is 1.12 bits per heavy atom. The molecule has 3 aromatic carbocycles. The monoisotopic (exact) mass is 598 g/mol. The van der Waals surface area contributed by atoms with E-state index in [0.717, 1.165) is 5.39 Å². The van der Waals surface area contributed by atoms with Crippen molar-refractivity contribution in [2.75, 3.05) is 12.8 Å². The minimum atomic E-state index is -1.27. The lowest BCUT2D eigenvalue weighted by atomic mass is 9.95. The number of carboxylic acids is 1. The van der Waals surface area contributed by atoms with Crippen molar-refractivity contribution in [1.82, 2.24) is 10.2 Å². The molecule has 2 amide bonds. The van der Waals surface area contributed by atoms with E-state index in [1.807, 2.05) is 12.1 Å². The Balaban J connectivity index is 1.34. The van der Waals surface area contributed by atoms with E-state index in [1.165, 1.54) is 6.26 Å². The van der Waals surface area contributed by atoms with Gasteiger partial charge in [0.25, 0.3) is 11.8 Å². The second-order valence-electron chi connectivity index (χ2n) is 9.50. The first-order valence-electron chi connectivity index (χ1n) is 12.3. The van der Waals surface area contributed by atoms with Crippen LogP contribution in [0.2, 0.25) is 10.0 Å². The second kappa shape index (κ2) is 11.4. The van der Waals surface area contributed by atoms with Crippen LogP contribution in [0.4, 0.5) is 0 Å². The van der Waals surface area contributed by atoms with Gasteiger partial charge >= 0.3 is 5.97 Å². The Bertz CT molecular complexity index is 1680. The van der Waals surface area contributed by atoms with Gasteiger partial charge in [0.2, 0.25) is 0 Å². The number of nitrogens with zero attached hydrogens (tertiary/aromatic N) is 1. The van der Waals surface area contributed by atoms with Crippen molar-refractivity contribution in [3.05, 3.63) is 98.7 Å². The molecule has 2 heterocycles. The van der Waals surface area contributed by atoms with E-state index in [9.17, 15) is 23.7 Å². The molecule has 2 atom stereocenters. The Morgan fingerprint density at radius 3 is 2.67 bits per heavy atom. The first kappa shape index (κ1) is 27.9. The zero-order valence-corrected chi connectivity index (χ0v) is 23.6. The molecule has 8 nitrogen and oxygen atoms in total. The maximum atomic E-state index is 13.2. The molecule has 5 rings (SSSR count). The molecule has 0 radical (unpaired) electrons. The van der Waals surface area contributed by atoms with Crippen LogP contribution < -0.4 is 5.32 Å². The third-order valence-corrected chi connectivity index (χ3v) is 8.53. The molecular weight excluding hydrogens is 575 g/mol. The molecule has 206 valence electrons. The van der Waals surface area contributed by atoms with Gasteiger partial charge in [-0.15, -0.1) is 0 Å². The van der Waals surface area contributed by atoms with E-state index >= 15 is 0 Å². The minimum absolute atomic E-state index is 0.0141. The molecule has 1 unspecified atom stereocenters. The Hall–Kier alpha value is -3.66. The predicted octanol–water partition coefficient (Wildman–Crippen LogP) is 5.10. The number of aliphatic carboxylic acids is 1. The van der Waals surface area contributed by atoms with Crippen LogP contribution in [0.5, 0.6) is 0 Å². The summed E-state index contributed by atoms with van der Waals surface area (Å²) in [6.45, 7) is 0.621.